The van der Waals surface area contributed by atoms with Gasteiger partial charge in [-0.05, 0) is 141 Å². The SMILES string of the molecule is CC1CC2CC(C)C3(c4ccccc4-c4ccc(N(c5ccc(-c6ccccc6)cc5)c5ccc6c(c5)C(C)(C)c5ccccc5-6)cc43)C(C1)C2. The van der Waals surface area contributed by atoms with E-state index in [9.17, 15) is 0 Å². The second kappa shape index (κ2) is 11.3. The first-order valence-electron chi connectivity index (χ1n) is 19.3. The molecule has 0 amide bonds. The Bertz CT molecular complexity index is 2290. The van der Waals surface area contributed by atoms with E-state index in [1.54, 1.807) is 11.1 Å². The third-order valence-corrected chi connectivity index (χ3v) is 13.6. The maximum atomic E-state index is 2.61. The number of anilines is 3. The van der Waals surface area contributed by atoms with Crippen LogP contribution in [0.3, 0.4) is 0 Å². The van der Waals surface area contributed by atoms with Gasteiger partial charge in [-0.1, -0.05) is 131 Å². The van der Waals surface area contributed by atoms with Crippen molar-refractivity contribution in [1.82, 2.24) is 0 Å². The van der Waals surface area contributed by atoms with Crippen LogP contribution < -0.4 is 4.90 Å². The van der Waals surface area contributed by atoms with E-state index in [2.05, 4.69) is 172 Å². The Balaban J connectivity index is 1.17. The number of benzene rings is 6. The van der Waals surface area contributed by atoms with E-state index in [1.165, 1.54) is 87.3 Å². The molecule has 2 fully saturated rings. The summed E-state index contributed by atoms with van der Waals surface area (Å²) in [7, 11) is 0. The van der Waals surface area contributed by atoms with E-state index >= 15 is 0 Å². The third kappa shape index (κ3) is 4.46. The Morgan fingerprint density at radius 1 is 0.471 bits per heavy atom. The zero-order valence-corrected chi connectivity index (χ0v) is 30.4. The summed E-state index contributed by atoms with van der Waals surface area (Å²) < 4.78 is 0. The van der Waals surface area contributed by atoms with Gasteiger partial charge in [-0.2, -0.15) is 0 Å². The number of hydrogen-bond donors (Lipinski definition) is 0. The minimum atomic E-state index is -0.0693. The highest BCUT2D eigenvalue weighted by Gasteiger charge is 2.56. The highest BCUT2D eigenvalue weighted by Crippen LogP contribution is 2.65. The van der Waals surface area contributed by atoms with Gasteiger partial charge in [0.25, 0.3) is 0 Å². The number of fused-ring (bicyclic) bond motifs is 11. The van der Waals surface area contributed by atoms with E-state index < -0.39 is 0 Å². The van der Waals surface area contributed by atoms with E-state index in [-0.39, 0.29) is 10.8 Å². The van der Waals surface area contributed by atoms with Crippen LogP contribution in [0.4, 0.5) is 17.1 Å². The third-order valence-electron chi connectivity index (χ3n) is 13.6. The summed E-state index contributed by atoms with van der Waals surface area (Å²) in [6.45, 7) is 9.86. The van der Waals surface area contributed by atoms with Crippen LogP contribution in [-0.2, 0) is 10.8 Å². The highest BCUT2D eigenvalue weighted by molar-refractivity contribution is 5.89. The van der Waals surface area contributed by atoms with Crippen LogP contribution in [0.15, 0.2) is 140 Å². The topological polar surface area (TPSA) is 3.24 Å². The van der Waals surface area contributed by atoms with Crippen LogP contribution in [0.25, 0.3) is 33.4 Å². The van der Waals surface area contributed by atoms with Crippen molar-refractivity contribution in [2.45, 2.75) is 64.2 Å². The van der Waals surface area contributed by atoms with Crippen molar-refractivity contribution in [3.8, 4) is 33.4 Å². The summed E-state index contributed by atoms with van der Waals surface area (Å²) in [6.07, 6.45) is 5.41. The predicted octanol–water partition coefficient (Wildman–Crippen LogP) is 13.5. The molecule has 6 aromatic rings. The van der Waals surface area contributed by atoms with Crippen molar-refractivity contribution in [2.24, 2.45) is 23.7 Å². The minimum Gasteiger partial charge on any atom is -0.310 e. The lowest BCUT2D eigenvalue weighted by molar-refractivity contribution is 0.0426. The van der Waals surface area contributed by atoms with Gasteiger partial charge in [-0.15, -0.1) is 0 Å². The van der Waals surface area contributed by atoms with Gasteiger partial charge in [0.1, 0.15) is 0 Å². The fourth-order valence-electron chi connectivity index (χ4n) is 11.6. The van der Waals surface area contributed by atoms with Crippen molar-refractivity contribution in [1.29, 1.82) is 0 Å². The predicted molar refractivity (Wildman–Crippen MR) is 214 cm³/mol. The van der Waals surface area contributed by atoms with Crippen molar-refractivity contribution < 1.29 is 0 Å². The molecule has 1 spiro atoms. The Kier molecular flexibility index (Phi) is 6.85. The molecular formula is C50H47N. The molecule has 5 atom stereocenters. The van der Waals surface area contributed by atoms with Crippen LogP contribution in [0.1, 0.15) is 75.6 Å². The zero-order valence-electron chi connectivity index (χ0n) is 30.4. The number of nitrogens with zero attached hydrogens (tertiary/aromatic N) is 1. The van der Waals surface area contributed by atoms with Crippen molar-refractivity contribution >= 4 is 17.1 Å². The van der Waals surface area contributed by atoms with Gasteiger partial charge in [0.05, 0.1) is 0 Å². The van der Waals surface area contributed by atoms with Crippen LogP contribution in [0.2, 0.25) is 0 Å². The normalized spacial score (nSPS) is 24.8. The Morgan fingerprint density at radius 3 is 1.75 bits per heavy atom. The molecule has 5 unspecified atom stereocenters. The molecule has 0 heterocycles. The van der Waals surface area contributed by atoms with E-state index in [0.29, 0.717) is 11.8 Å². The molecule has 10 rings (SSSR count). The molecule has 1 nitrogen and oxygen atoms in total. The van der Waals surface area contributed by atoms with Gasteiger partial charge in [-0.3, -0.25) is 0 Å². The highest BCUT2D eigenvalue weighted by atomic mass is 15.1. The van der Waals surface area contributed by atoms with Gasteiger partial charge in [0, 0.05) is 27.9 Å². The fraction of sp³-hybridized carbons (Fsp3) is 0.280. The second-order valence-corrected chi connectivity index (χ2v) is 16.8. The maximum absolute atomic E-state index is 2.61. The van der Waals surface area contributed by atoms with Gasteiger partial charge < -0.3 is 4.90 Å². The van der Waals surface area contributed by atoms with E-state index in [1.807, 2.05) is 0 Å². The molecular weight excluding hydrogens is 615 g/mol. The summed E-state index contributed by atoms with van der Waals surface area (Å²) in [4.78, 5) is 2.53. The summed E-state index contributed by atoms with van der Waals surface area (Å²) in [6, 6.07) is 53.1. The fourth-order valence-corrected chi connectivity index (χ4v) is 11.6. The van der Waals surface area contributed by atoms with Crippen LogP contribution >= 0.6 is 0 Å². The number of hydrogen-bond acceptors (Lipinski definition) is 1. The van der Waals surface area contributed by atoms with Gasteiger partial charge >= 0.3 is 0 Å². The van der Waals surface area contributed by atoms with Gasteiger partial charge in [-0.25, -0.2) is 0 Å². The molecule has 0 aromatic heterocycles. The quantitative estimate of drug-likeness (QED) is 0.182. The lowest BCUT2D eigenvalue weighted by atomic mass is 9.49. The first-order chi connectivity index (χ1) is 24.8. The smallest absolute Gasteiger partial charge is 0.0465 e. The molecule has 0 radical (unpaired) electrons. The zero-order chi connectivity index (χ0) is 34.5. The maximum Gasteiger partial charge on any atom is 0.0465 e. The molecule has 252 valence electrons. The molecule has 1 heteroatoms. The molecule has 2 saturated carbocycles. The van der Waals surface area contributed by atoms with E-state index in [4.69, 9.17) is 0 Å². The first kappa shape index (κ1) is 30.9. The number of rotatable bonds is 4. The van der Waals surface area contributed by atoms with Crippen LogP contribution in [-0.4, -0.2) is 0 Å². The minimum absolute atomic E-state index is 0.0531. The largest absolute Gasteiger partial charge is 0.310 e. The second-order valence-electron chi connectivity index (χ2n) is 16.8. The summed E-state index contributed by atoms with van der Waals surface area (Å²) in [5, 5.41) is 0. The molecule has 51 heavy (non-hydrogen) atoms. The average molecular weight is 662 g/mol. The Hall–Kier alpha value is -4.88. The van der Waals surface area contributed by atoms with Gasteiger partial charge in [0.2, 0.25) is 0 Å². The molecule has 4 aliphatic rings. The van der Waals surface area contributed by atoms with Gasteiger partial charge in [0.15, 0.2) is 0 Å². The van der Waals surface area contributed by atoms with Crippen molar-refractivity contribution in [3.05, 3.63) is 162 Å². The summed E-state index contributed by atoms with van der Waals surface area (Å²) >= 11 is 0. The monoisotopic (exact) mass is 661 g/mol. The lowest BCUT2D eigenvalue weighted by Gasteiger charge is -2.54. The molecule has 0 aliphatic heterocycles. The van der Waals surface area contributed by atoms with Crippen LogP contribution in [0, 0.1) is 23.7 Å². The molecule has 4 aliphatic carbocycles. The standard InChI is InChI=1S/C50H47N/c1-32-26-34-28-33(2)50(37(27-32)29-34)46-17-11-9-15-42(46)44-25-23-40(31-48(44)50)51(38-20-18-36(19-21-38)35-12-6-5-7-13-35)39-22-24-43-41-14-8-10-16-45(41)49(3,4)47(43)30-39/h5-25,30-34,37H,26-29H2,1-4H3. The Morgan fingerprint density at radius 2 is 1.02 bits per heavy atom. The van der Waals surface area contributed by atoms with Crippen molar-refractivity contribution in [2.75, 3.05) is 4.90 Å². The molecule has 0 N–H and O–H groups in total. The van der Waals surface area contributed by atoms with Crippen LogP contribution in [0.5, 0.6) is 0 Å². The van der Waals surface area contributed by atoms with E-state index in [0.717, 1.165) is 11.8 Å². The first-order valence-corrected chi connectivity index (χ1v) is 19.3. The molecule has 6 aromatic carbocycles. The lowest BCUT2D eigenvalue weighted by Crippen LogP contribution is -2.49. The Labute approximate surface area is 304 Å². The summed E-state index contributed by atoms with van der Waals surface area (Å²) in [5.41, 5.74) is 17.7. The van der Waals surface area contributed by atoms with Crippen molar-refractivity contribution in [3.63, 3.8) is 0 Å². The molecule has 0 saturated heterocycles. The summed E-state index contributed by atoms with van der Waals surface area (Å²) in [5.74, 6) is 2.92. The molecule has 2 bridgehead atoms. The average Bonchev–Trinajstić information content (AvgIpc) is 3.57.